The number of nitrogens with one attached hydrogen (secondary N) is 1. The van der Waals surface area contributed by atoms with Crippen molar-refractivity contribution in [2.45, 2.75) is 45.4 Å². The molecule has 1 N–H and O–H groups in total. The van der Waals surface area contributed by atoms with Crippen LogP contribution in [0, 0.1) is 0 Å². The van der Waals surface area contributed by atoms with Crippen LogP contribution >= 0.6 is 0 Å². The van der Waals surface area contributed by atoms with E-state index in [0.717, 1.165) is 36.4 Å². The van der Waals surface area contributed by atoms with Gasteiger partial charge in [-0.3, -0.25) is 4.79 Å². The number of anilines is 1. The Morgan fingerprint density at radius 2 is 2.11 bits per heavy atom. The molecule has 104 valence electrons. The molecule has 1 heterocycles. The zero-order valence-corrected chi connectivity index (χ0v) is 11.7. The van der Waals surface area contributed by atoms with Crippen molar-refractivity contribution in [1.82, 2.24) is 0 Å². The fraction of sp³-hybridized carbons (Fsp3) is 0.562. The molecule has 19 heavy (non-hydrogen) atoms. The molecular weight excluding hydrogens is 238 g/mol. The van der Waals surface area contributed by atoms with Crippen molar-refractivity contribution in [3.05, 3.63) is 23.8 Å². The topological polar surface area (TPSA) is 38.3 Å². The van der Waals surface area contributed by atoms with Gasteiger partial charge in [0.2, 0.25) is 0 Å². The van der Waals surface area contributed by atoms with Gasteiger partial charge in [-0.25, -0.2) is 0 Å². The molecule has 0 bridgehead atoms. The molecule has 0 radical (unpaired) electrons. The number of fused-ring (bicyclic) bond motifs is 1. The van der Waals surface area contributed by atoms with Crippen LogP contribution in [0.1, 0.15) is 55.8 Å². The molecule has 2 rings (SSSR count). The summed E-state index contributed by atoms with van der Waals surface area (Å²) in [6, 6.07) is 5.76. The van der Waals surface area contributed by atoms with E-state index in [2.05, 4.69) is 12.2 Å². The lowest BCUT2D eigenvalue weighted by Gasteiger charge is -2.21. The van der Waals surface area contributed by atoms with Gasteiger partial charge in [-0.05, 0) is 18.6 Å². The maximum Gasteiger partial charge on any atom is 0.166 e. The van der Waals surface area contributed by atoms with Gasteiger partial charge in [0.25, 0.3) is 0 Å². The van der Waals surface area contributed by atoms with Gasteiger partial charge in [0.05, 0.1) is 11.3 Å². The van der Waals surface area contributed by atoms with Crippen molar-refractivity contribution in [3.63, 3.8) is 0 Å². The summed E-state index contributed by atoms with van der Waals surface area (Å²) >= 11 is 0. The van der Waals surface area contributed by atoms with Crippen LogP contribution in [0.5, 0.6) is 5.75 Å². The molecule has 3 heteroatoms. The number of rotatable bonds is 7. The number of hydrogen-bond donors (Lipinski definition) is 1. The summed E-state index contributed by atoms with van der Waals surface area (Å²) in [4.78, 5) is 12.2. The molecular formula is C16H23NO2. The molecule has 1 aromatic carbocycles. The van der Waals surface area contributed by atoms with E-state index < -0.39 is 0 Å². The van der Waals surface area contributed by atoms with E-state index in [1.807, 2.05) is 18.2 Å². The highest BCUT2D eigenvalue weighted by atomic mass is 16.5. The monoisotopic (exact) mass is 261 g/mol. The smallest absolute Gasteiger partial charge is 0.166 e. The summed E-state index contributed by atoms with van der Waals surface area (Å²) in [7, 11) is 0. The summed E-state index contributed by atoms with van der Waals surface area (Å²) in [6.07, 6.45) is 6.49. The van der Waals surface area contributed by atoms with Crippen molar-refractivity contribution in [2.75, 3.05) is 18.5 Å². The average Bonchev–Trinajstić information content (AvgIpc) is 2.46. The van der Waals surface area contributed by atoms with E-state index in [9.17, 15) is 4.79 Å². The van der Waals surface area contributed by atoms with Crippen LogP contribution in [-0.4, -0.2) is 18.9 Å². The van der Waals surface area contributed by atoms with Crippen LogP contribution in [0.15, 0.2) is 18.2 Å². The minimum atomic E-state index is 0.206. The van der Waals surface area contributed by atoms with Gasteiger partial charge in [-0.1, -0.05) is 38.7 Å². The lowest BCUT2D eigenvalue weighted by atomic mass is 10.0. The van der Waals surface area contributed by atoms with E-state index in [4.69, 9.17) is 4.74 Å². The standard InChI is InChI=1S/C16H23NO2/c1-2-3-4-5-6-10-15(18)13-8-7-9-14-16(13)19-12-11-17-14/h7-9,17H,2-6,10-12H2,1H3. The third kappa shape index (κ3) is 3.72. The SMILES string of the molecule is CCCCCCCC(=O)c1cccc2c1OCCN2. The van der Waals surface area contributed by atoms with Crippen LogP contribution in [0.3, 0.4) is 0 Å². The first kappa shape index (κ1) is 13.9. The highest BCUT2D eigenvalue weighted by molar-refractivity contribution is 6.00. The number of carbonyl (C=O) groups is 1. The maximum atomic E-state index is 12.2. The molecule has 0 atom stereocenters. The van der Waals surface area contributed by atoms with Crippen molar-refractivity contribution in [1.29, 1.82) is 0 Å². The van der Waals surface area contributed by atoms with Crippen LogP contribution in [0.4, 0.5) is 5.69 Å². The lowest BCUT2D eigenvalue weighted by molar-refractivity contribution is 0.0975. The molecule has 3 nitrogen and oxygen atoms in total. The molecule has 1 aromatic rings. The number of unbranched alkanes of at least 4 members (excludes halogenated alkanes) is 4. The van der Waals surface area contributed by atoms with Gasteiger partial charge >= 0.3 is 0 Å². The van der Waals surface area contributed by atoms with Crippen molar-refractivity contribution in [3.8, 4) is 5.75 Å². The summed E-state index contributed by atoms with van der Waals surface area (Å²) < 4.78 is 5.64. The fourth-order valence-corrected chi connectivity index (χ4v) is 2.41. The van der Waals surface area contributed by atoms with Crippen LogP contribution in [0.25, 0.3) is 0 Å². The quantitative estimate of drug-likeness (QED) is 0.595. The molecule has 0 spiro atoms. The van der Waals surface area contributed by atoms with Gasteiger partial charge < -0.3 is 10.1 Å². The Morgan fingerprint density at radius 1 is 1.26 bits per heavy atom. The summed E-state index contributed by atoms with van der Waals surface area (Å²) in [6.45, 7) is 3.64. The van der Waals surface area contributed by atoms with E-state index in [0.29, 0.717) is 13.0 Å². The van der Waals surface area contributed by atoms with Gasteiger partial charge in [0.1, 0.15) is 6.61 Å². The third-order valence-electron chi connectivity index (χ3n) is 3.49. The number of benzene rings is 1. The van der Waals surface area contributed by atoms with Gasteiger partial charge in [-0.2, -0.15) is 0 Å². The van der Waals surface area contributed by atoms with Crippen molar-refractivity contribution < 1.29 is 9.53 Å². The van der Waals surface area contributed by atoms with E-state index >= 15 is 0 Å². The second kappa shape index (κ2) is 7.17. The first-order valence-corrected chi connectivity index (χ1v) is 7.36. The van der Waals surface area contributed by atoms with Crippen molar-refractivity contribution in [2.24, 2.45) is 0 Å². The van der Waals surface area contributed by atoms with Crippen LogP contribution in [-0.2, 0) is 0 Å². The predicted molar refractivity (Wildman–Crippen MR) is 78.1 cm³/mol. The summed E-state index contributed by atoms with van der Waals surface area (Å²) in [5.74, 6) is 0.948. The number of ketones is 1. The predicted octanol–water partition coefficient (Wildman–Crippen LogP) is 4.03. The largest absolute Gasteiger partial charge is 0.489 e. The Hall–Kier alpha value is -1.51. The maximum absolute atomic E-state index is 12.2. The molecule has 0 amide bonds. The average molecular weight is 261 g/mol. The molecule has 1 aliphatic rings. The first-order valence-electron chi connectivity index (χ1n) is 7.36. The molecule has 0 unspecified atom stereocenters. The molecule has 0 saturated carbocycles. The summed E-state index contributed by atoms with van der Waals surface area (Å²) in [5, 5.41) is 3.26. The third-order valence-corrected chi connectivity index (χ3v) is 3.49. The number of Topliss-reactive ketones (excluding diaryl/α,β-unsaturated/α-hetero) is 1. The highest BCUT2D eigenvalue weighted by Gasteiger charge is 2.18. The van der Waals surface area contributed by atoms with Crippen molar-refractivity contribution >= 4 is 11.5 Å². The minimum absolute atomic E-state index is 0.206. The van der Waals surface area contributed by atoms with Crippen LogP contribution in [0.2, 0.25) is 0 Å². The summed E-state index contributed by atoms with van der Waals surface area (Å²) in [5.41, 5.74) is 1.68. The minimum Gasteiger partial charge on any atom is -0.489 e. The Bertz CT molecular complexity index is 429. The molecule has 1 aliphatic heterocycles. The van der Waals surface area contributed by atoms with E-state index in [-0.39, 0.29) is 5.78 Å². The molecule has 0 aliphatic carbocycles. The normalized spacial score (nSPS) is 13.3. The van der Waals surface area contributed by atoms with Gasteiger partial charge in [0.15, 0.2) is 11.5 Å². The second-order valence-corrected chi connectivity index (χ2v) is 5.04. The van der Waals surface area contributed by atoms with Crippen LogP contribution < -0.4 is 10.1 Å². The lowest BCUT2D eigenvalue weighted by Crippen LogP contribution is -2.20. The van der Waals surface area contributed by atoms with E-state index in [1.54, 1.807) is 0 Å². The Labute approximate surface area is 115 Å². The highest BCUT2D eigenvalue weighted by Crippen LogP contribution is 2.32. The number of ether oxygens (including phenoxy) is 1. The Balaban J connectivity index is 1.92. The Kier molecular flexibility index (Phi) is 5.25. The first-order chi connectivity index (χ1) is 9.33. The zero-order valence-electron chi connectivity index (χ0n) is 11.7. The molecule has 0 aromatic heterocycles. The Morgan fingerprint density at radius 3 is 2.95 bits per heavy atom. The van der Waals surface area contributed by atoms with Gasteiger partial charge in [-0.15, -0.1) is 0 Å². The fourth-order valence-electron chi connectivity index (χ4n) is 2.41. The molecule has 0 saturated heterocycles. The van der Waals surface area contributed by atoms with E-state index in [1.165, 1.54) is 19.3 Å². The number of carbonyl (C=O) groups excluding carboxylic acids is 1. The number of hydrogen-bond acceptors (Lipinski definition) is 3. The second-order valence-electron chi connectivity index (χ2n) is 5.04. The number of para-hydroxylation sites is 1. The zero-order chi connectivity index (χ0) is 13.5. The molecule has 0 fully saturated rings. The van der Waals surface area contributed by atoms with Gasteiger partial charge in [0, 0.05) is 13.0 Å².